The van der Waals surface area contributed by atoms with Crippen molar-refractivity contribution < 1.29 is 23.5 Å². The van der Waals surface area contributed by atoms with Gasteiger partial charge in [0.05, 0.1) is 19.6 Å². The van der Waals surface area contributed by atoms with Crippen molar-refractivity contribution >= 4 is 43.9 Å². The number of nitrogens with zero attached hydrogens (tertiary/aromatic N) is 2. The first-order chi connectivity index (χ1) is 13.8. The number of rotatable bonds is 2. The normalized spacial score (nSPS) is 47.4. The van der Waals surface area contributed by atoms with Gasteiger partial charge in [-0.2, -0.15) is 0 Å². The van der Waals surface area contributed by atoms with Gasteiger partial charge in [0.2, 0.25) is 0 Å². The van der Waals surface area contributed by atoms with Gasteiger partial charge < -0.3 is 18.8 Å². The first-order valence-corrected chi connectivity index (χ1v) is 11.5. The summed E-state index contributed by atoms with van der Waals surface area (Å²) in [5.41, 5.74) is 0. The molecule has 6 saturated heterocycles. The number of hydrogen-bond donors (Lipinski definition) is 0. The van der Waals surface area contributed by atoms with Crippen molar-refractivity contribution in [1.29, 1.82) is 0 Å². The maximum atomic E-state index is 11.1. The minimum atomic E-state index is -0.133. The summed E-state index contributed by atoms with van der Waals surface area (Å²) in [7, 11) is 6.31. The largest absolute Gasteiger partial charge is 0.481 e. The fourth-order valence-electron chi connectivity index (χ4n) is 7.92. The molecule has 8 rings (SSSR count). The van der Waals surface area contributed by atoms with Crippen molar-refractivity contribution in [3.63, 3.8) is 0 Å². The molecule has 2 aliphatic carbocycles. The molecule has 31 heavy (non-hydrogen) atoms. The molecule has 0 spiro atoms. The second-order valence-electron chi connectivity index (χ2n) is 10.8. The van der Waals surface area contributed by atoms with E-state index in [-0.39, 0.29) is 55.5 Å². The zero-order valence-corrected chi connectivity index (χ0v) is 20.5. The lowest BCUT2D eigenvalue weighted by molar-refractivity contribution is -0.852. The van der Waals surface area contributed by atoms with Gasteiger partial charge in [-0.15, -0.1) is 24.0 Å². The fraction of sp³-hybridized carbons (Fsp3) is 0.913. The third-order valence-corrected chi connectivity index (χ3v) is 8.33. The van der Waals surface area contributed by atoms with E-state index in [0.717, 1.165) is 49.0 Å². The maximum Gasteiger partial charge on any atom is 0.481 e. The van der Waals surface area contributed by atoms with Crippen LogP contribution < -0.4 is 0 Å². The number of quaternary nitrogens is 1. The van der Waals surface area contributed by atoms with Crippen molar-refractivity contribution in [3.8, 4) is 0 Å². The molecule has 0 aromatic carbocycles. The lowest BCUT2D eigenvalue weighted by Gasteiger charge is -2.59. The molecule has 0 amide bonds. The molecule has 8 bridgehead atoms. The van der Waals surface area contributed by atoms with Crippen LogP contribution in [0.3, 0.4) is 0 Å². The standard InChI is InChI=1S/C11H17BNO2.C11H17NO2.CH4.HI/c1-7(14)15-11-9-2-8-3-10(11)6-13(12,4-8)5-9;1-7(13)14-11-9-2-8-3-10(11)6-12(4-8)5-9;;/h8-11H,2-6H2,1H3;8-11H,2-6H2,1H3;1H4;1H/q+1;;;. The smallest absolute Gasteiger partial charge is 0.462 e. The Labute approximate surface area is 205 Å². The van der Waals surface area contributed by atoms with Gasteiger partial charge in [0.15, 0.2) is 0 Å². The third-order valence-electron chi connectivity index (χ3n) is 8.33. The topological polar surface area (TPSA) is 55.8 Å². The quantitative estimate of drug-likeness (QED) is 0.304. The van der Waals surface area contributed by atoms with E-state index >= 15 is 0 Å². The second kappa shape index (κ2) is 9.49. The first-order valence-electron chi connectivity index (χ1n) is 11.5. The van der Waals surface area contributed by atoms with Gasteiger partial charge in [-0.3, -0.25) is 9.59 Å². The van der Waals surface area contributed by atoms with Crippen molar-refractivity contribution in [3.05, 3.63) is 0 Å². The van der Waals surface area contributed by atoms with Crippen LogP contribution in [0, 0.1) is 35.5 Å². The summed E-state index contributed by atoms with van der Waals surface area (Å²) in [6.45, 7) is 9.80. The van der Waals surface area contributed by atoms with E-state index in [1.54, 1.807) is 0 Å². The molecule has 0 aromatic heterocycles. The minimum Gasteiger partial charge on any atom is -0.462 e. The van der Waals surface area contributed by atoms with Crippen molar-refractivity contribution in [2.75, 3.05) is 39.3 Å². The molecule has 0 aromatic rings. The van der Waals surface area contributed by atoms with E-state index in [1.165, 1.54) is 46.1 Å². The number of piperidine rings is 6. The van der Waals surface area contributed by atoms with Crippen LogP contribution in [0.4, 0.5) is 0 Å². The predicted molar refractivity (Wildman–Crippen MR) is 130 cm³/mol. The molecule has 174 valence electrons. The molecule has 8 heteroatoms. The maximum absolute atomic E-state index is 11.1. The highest BCUT2D eigenvalue weighted by molar-refractivity contribution is 14.0. The van der Waals surface area contributed by atoms with Gasteiger partial charge in [-0.1, -0.05) is 7.43 Å². The summed E-state index contributed by atoms with van der Waals surface area (Å²) in [4.78, 5) is 24.6. The SMILES string of the molecule is C.CC(=O)OC1C2CC3CC1CN(C3)C2.I.[B][N+]12CC3CC(C1)C(OC(C)=O)C(C3)C2. The van der Waals surface area contributed by atoms with Crippen LogP contribution in [0.2, 0.25) is 0 Å². The number of esters is 2. The van der Waals surface area contributed by atoms with E-state index in [4.69, 9.17) is 17.5 Å². The van der Waals surface area contributed by atoms with Crippen molar-refractivity contribution in [2.45, 2.75) is 59.2 Å². The van der Waals surface area contributed by atoms with E-state index in [1.807, 2.05) is 0 Å². The molecular weight excluding hydrogens is 506 g/mol. The number of ether oxygens (including phenoxy) is 2. The van der Waals surface area contributed by atoms with Gasteiger partial charge in [0.1, 0.15) is 12.2 Å². The molecule has 6 aliphatic heterocycles. The zero-order chi connectivity index (χ0) is 20.3. The first kappa shape index (κ1) is 25.3. The van der Waals surface area contributed by atoms with Crippen LogP contribution in [0.1, 0.15) is 47.0 Å². The van der Waals surface area contributed by atoms with Crippen molar-refractivity contribution in [1.82, 2.24) is 4.90 Å². The summed E-state index contributed by atoms with van der Waals surface area (Å²) in [6, 6.07) is 0. The molecule has 8 aliphatic rings. The Morgan fingerprint density at radius 2 is 1.23 bits per heavy atom. The number of carbonyl (C=O) groups excluding carboxylic acids is 2. The summed E-state index contributed by atoms with van der Waals surface area (Å²) in [6.07, 6.45) is 5.39. The number of halogens is 1. The Morgan fingerprint density at radius 1 is 0.774 bits per heavy atom. The Balaban J connectivity index is 0.000000165. The Bertz CT molecular complexity index is 648. The van der Waals surface area contributed by atoms with Gasteiger partial charge in [0.25, 0.3) is 0 Å². The van der Waals surface area contributed by atoms with E-state index < -0.39 is 0 Å². The lowest BCUT2D eigenvalue weighted by atomic mass is 9.63. The predicted octanol–water partition coefficient (Wildman–Crippen LogP) is 2.63. The summed E-state index contributed by atoms with van der Waals surface area (Å²) < 4.78 is 11.7. The van der Waals surface area contributed by atoms with Crippen LogP contribution in [0.5, 0.6) is 0 Å². The monoisotopic (exact) mass is 545 g/mol. The van der Waals surface area contributed by atoms with Crippen LogP contribution in [-0.2, 0) is 19.1 Å². The van der Waals surface area contributed by atoms with Crippen LogP contribution >= 0.6 is 24.0 Å². The molecular formula is C23H39BIN2O4+. The molecule has 2 saturated carbocycles. The minimum absolute atomic E-state index is 0. The van der Waals surface area contributed by atoms with Gasteiger partial charge in [0, 0.05) is 63.1 Å². The molecule has 8 fully saturated rings. The molecule has 6 nitrogen and oxygen atoms in total. The third kappa shape index (κ3) is 5.10. The number of hydrogen-bond acceptors (Lipinski definition) is 5. The highest BCUT2D eigenvalue weighted by Crippen LogP contribution is 2.47. The average Bonchev–Trinajstić information content (AvgIpc) is 2.59. The van der Waals surface area contributed by atoms with Crippen LogP contribution in [0.15, 0.2) is 0 Å². The Kier molecular flexibility index (Phi) is 7.74. The molecule has 4 unspecified atom stereocenters. The van der Waals surface area contributed by atoms with E-state index in [2.05, 4.69) is 4.90 Å². The summed E-state index contributed by atoms with van der Waals surface area (Å²) in [5, 5.41) is 0. The molecule has 0 N–H and O–H groups in total. The van der Waals surface area contributed by atoms with Gasteiger partial charge in [-0.05, 0) is 31.6 Å². The Morgan fingerprint density at radius 3 is 1.65 bits per heavy atom. The van der Waals surface area contributed by atoms with Crippen molar-refractivity contribution in [2.24, 2.45) is 35.5 Å². The van der Waals surface area contributed by atoms with E-state index in [9.17, 15) is 9.59 Å². The molecule has 4 atom stereocenters. The molecule has 2 radical (unpaired) electrons. The fourth-order valence-corrected chi connectivity index (χ4v) is 7.92. The summed E-state index contributed by atoms with van der Waals surface area (Å²) in [5.74, 6) is 3.73. The highest BCUT2D eigenvalue weighted by Gasteiger charge is 2.55. The lowest BCUT2D eigenvalue weighted by Crippen LogP contribution is -2.69. The van der Waals surface area contributed by atoms with E-state index in [0.29, 0.717) is 23.7 Å². The summed E-state index contributed by atoms with van der Waals surface area (Å²) >= 11 is 0. The number of carbonyl (C=O) groups is 2. The van der Waals surface area contributed by atoms with Crippen LogP contribution in [-0.4, -0.2) is 80.7 Å². The average molecular weight is 545 g/mol. The molecule has 6 heterocycles. The van der Waals surface area contributed by atoms with Crippen LogP contribution in [0.25, 0.3) is 0 Å². The second-order valence-corrected chi connectivity index (χ2v) is 10.8. The van der Waals surface area contributed by atoms with Gasteiger partial charge >= 0.3 is 19.9 Å². The highest BCUT2D eigenvalue weighted by atomic mass is 127. The Hall–Kier alpha value is -0.345. The van der Waals surface area contributed by atoms with Gasteiger partial charge in [-0.25, -0.2) is 0 Å². The zero-order valence-electron chi connectivity index (χ0n) is 18.2.